The lowest BCUT2D eigenvalue weighted by atomic mass is 10.1. The smallest absolute Gasteiger partial charge is 0.223 e. The number of aryl methyl sites for hydroxylation is 1. The normalized spacial score (nSPS) is 11.0. The largest absolute Gasteiger partial charge is 0.347 e. The highest BCUT2D eigenvalue weighted by Crippen LogP contribution is 2.13. The number of imidazole rings is 1. The van der Waals surface area contributed by atoms with E-state index in [1.54, 1.807) is 17.4 Å². The van der Waals surface area contributed by atoms with E-state index < -0.39 is 11.6 Å². The predicted molar refractivity (Wildman–Crippen MR) is 87.2 cm³/mol. The van der Waals surface area contributed by atoms with Crippen LogP contribution in [0, 0.1) is 11.6 Å². The zero-order chi connectivity index (χ0) is 17.5. The number of likely N-dealkylation sites (N-methyl/N-ethyl adjacent to an activating group) is 1. The summed E-state index contributed by atoms with van der Waals surface area (Å²) in [6.07, 6.45) is 3.66. The number of hydrogen-bond donors (Lipinski definition) is 1. The van der Waals surface area contributed by atoms with Gasteiger partial charge in [0.25, 0.3) is 0 Å². The van der Waals surface area contributed by atoms with Gasteiger partial charge in [-0.25, -0.2) is 13.8 Å². The van der Waals surface area contributed by atoms with Crippen molar-refractivity contribution in [3.63, 3.8) is 0 Å². The maximum atomic E-state index is 13.7. The molecule has 0 saturated carbocycles. The van der Waals surface area contributed by atoms with Crippen molar-refractivity contribution in [1.82, 2.24) is 19.8 Å². The summed E-state index contributed by atoms with van der Waals surface area (Å²) in [5.41, 5.74) is 1.19. The number of nitrogens with zero attached hydrogens (tertiary/aromatic N) is 3. The van der Waals surface area contributed by atoms with Gasteiger partial charge in [-0.05, 0) is 32.1 Å². The molecule has 0 spiro atoms. The zero-order valence-corrected chi connectivity index (χ0v) is 13.9. The Kier molecular flexibility index (Phi) is 6.43. The molecule has 0 bridgehead atoms. The molecule has 2 rings (SSSR count). The Morgan fingerprint density at radius 3 is 2.67 bits per heavy atom. The molecule has 1 amide bonds. The van der Waals surface area contributed by atoms with Crippen LogP contribution in [0.5, 0.6) is 0 Å². The highest BCUT2D eigenvalue weighted by Gasteiger charge is 2.16. The summed E-state index contributed by atoms with van der Waals surface area (Å²) in [4.78, 5) is 23.2. The van der Waals surface area contributed by atoms with Crippen LogP contribution < -0.4 is 0 Å². The third kappa shape index (κ3) is 5.42. The van der Waals surface area contributed by atoms with Gasteiger partial charge in [-0.15, -0.1) is 0 Å². The van der Waals surface area contributed by atoms with Gasteiger partial charge in [0, 0.05) is 31.8 Å². The van der Waals surface area contributed by atoms with Crippen molar-refractivity contribution in [3.05, 3.63) is 53.6 Å². The monoisotopic (exact) mass is 336 g/mol. The molecule has 0 unspecified atom stereocenters. The predicted octanol–water partition coefficient (Wildman–Crippen LogP) is 2.21. The molecule has 5 nitrogen and oxygen atoms in total. The fourth-order valence-electron chi connectivity index (χ4n) is 2.31. The molecule has 24 heavy (non-hydrogen) atoms. The lowest BCUT2D eigenvalue weighted by Crippen LogP contribution is -2.36. The number of nitrogens with one attached hydrogen (secondary N) is 1. The molecule has 0 saturated heterocycles. The summed E-state index contributed by atoms with van der Waals surface area (Å²) >= 11 is 0. The number of H-pyrrole nitrogens is 1. The van der Waals surface area contributed by atoms with Crippen molar-refractivity contribution < 1.29 is 13.6 Å². The number of hydrogen-bond acceptors (Lipinski definition) is 3. The Hall–Kier alpha value is -2.28. The minimum atomic E-state index is -0.616. The molecule has 2 aromatic rings. The third-order valence-corrected chi connectivity index (χ3v) is 3.71. The maximum Gasteiger partial charge on any atom is 0.223 e. The fourth-order valence-corrected chi connectivity index (χ4v) is 2.31. The van der Waals surface area contributed by atoms with E-state index in [2.05, 4.69) is 9.97 Å². The van der Waals surface area contributed by atoms with E-state index in [0.717, 1.165) is 18.3 Å². The standard InChI is InChI=1S/C17H22F2N4O/c1-22(2)7-8-23(11-15-10-20-12-21-15)17(24)6-4-13-3-5-14(18)9-16(13)19/h3,5,9-10,12H,4,6-8,11H2,1-2H3,(H,20,21). The van der Waals surface area contributed by atoms with Crippen LogP contribution in [-0.4, -0.2) is 52.9 Å². The van der Waals surface area contributed by atoms with Crippen LogP contribution in [-0.2, 0) is 17.8 Å². The first-order chi connectivity index (χ1) is 11.5. The molecule has 1 N–H and O–H groups in total. The van der Waals surface area contributed by atoms with Crippen LogP contribution in [0.3, 0.4) is 0 Å². The van der Waals surface area contributed by atoms with Gasteiger partial charge in [-0.3, -0.25) is 4.79 Å². The average molecular weight is 336 g/mol. The molecule has 1 aromatic heterocycles. The fraction of sp³-hybridized carbons (Fsp3) is 0.412. The molecule has 0 aliphatic carbocycles. The highest BCUT2D eigenvalue weighted by atomic mass is 19.1. The van der Waals surface area contributed by atoms with Crippen LogP contribution in [0.15, 0.2) is 30.7 Å². The van der Waals surface area contributed by atoms with Gasteiger partial charge in [-0.2, -0.15) is 0 Å². The first-order valence-electron chi connectivity index (χ1n) is 7.79. The quantitative estimate of drug-likeness (QED) is 0.804. The van der Waals surface area contributed by atoms with E-state index >= 15 is 0 Å². The number of halogens is 2. The van der Waals surface area contributed by atoms with Gasteiger partial charge in [0.1, 0.15) is 11.6 Å². The number of aromatic amines is 1. The maximum absolute atomic E-state index is 13.7. The molecule has 1 aromatic carbocycles. The third-order valence-electron chi connectivity index (χ3n) is 3.71. The summed E-state index contributed by atoms with van der Waals surface area (Å²) in [5.74, 6) is -1.30. The lowest BCUT2D eigenvalue weighted by Gasteiger charge is -2.24. The Balaban J connectivity index is 1.97. The molecule has 130 valence electrons. The topological polar surface area (TPSA) is 52.2 Å². The molecule has 0 fully saturated rings. The Labute approximate surface area is 140 Å². The summed E-state index contributed by atoms with van der Waals surface area (Å²) in [6, 6.07) is 3.43. The summed E-state index contributed by atoms with van der Waals surface area (Å²) in [6.45, 7) is 1.72. The van der Waals surface area contributed by atoms with Gasteiger partial charge >= 0.3 is 0 Å². The van der Waals surface area contributed by atoms with Crippen molar-refractivity contribution >= 4 is 5.91 Å². The van der Waals surface area contributed by atoms with Gasteiger partial charge in [-0.1, -0.05) is 6.07 Å². The Morgan fingerprint density at radius 1 is 1.25 bits per heavy atom. The molecule has 0 aliphatic rings. The van der Waals surface area contributed by atoms with Crippen molar-refractivity contribution in [1.29, 1.82) is 0 Å². The molecular formula is C17H22F2N4O. The minimum Gasteiger partial charge on any atom is -0.347 e. The zero-order valence-electron chi connectivity index (χ0n) is 13.9. The van der Waals surface area contributed by atoms with E-state index in [1.807, 2.05) is 19.0 Å². The van der Waals surface area contributed by atoms with Crippen LogP contribution in [0.1, 0.15) is 17.7 Å². The van der Waals surface area contributed by atoms with Crippen molar-refractivity contribution in [2.75, 3.05) is 27.2 Å². The molecule has 1 heterocycles. The average Bonchev–Trinajstić information content (AvgIpc) is 3.03. The summed E-state index contributed by atoms with van der Waals surface area (Å²) < 4.78 is 26.6. The summed E-state index contributed by atoms with van der Waals surface area (Å²) in [5, 5.41) is 0. The molecule has 7 heteroatoms. The Bertz CT molecular complexity index is 659. The second-order valence-electron chi connectivity index (χ2n) is 5.93. The van der Waals surface area contributed by atoms with Crippen LogP contribution >= 0.6 is 0 Å². The van der Waals surface area contributed by atoms with Gasteiger partial charge < -0.3 is 14.8 Å². The van der Waals surface area contributed by atoms with Crippen LogP contribution in [0.2, 0.25) is 0 Å². The van der Waals surface area contributed by atoms with E-state index in [4.69, 9.17) is 0 Å². The van der Waals surface area contributed by atoms with Gasteiger partial charge in [0.05, 0.1) is 18.6 Å². The first kappa shape index (κ1) is 18.1. The second kappa shape index (κ2) is 8.54. The number of benzene rings is 1. The number of carbonyl (C=O) groups excluding carboxylic acids is 1. The van der Waals surface area contributed by atoms with E-state index in [1.165, 1.54) is 12.1 Å². The SMILES string of the molecule is CN(C)CCN(Cc1cnc[nH]1)C(=O)CCc1ccc(F)cc1F. The summed E-state index contributed by atoms with van der Waals surface area (Å²) in [7, 11) is 3.87. The van der Waals surface area contributed by atoms with E-state index in [0.29, 0.717) is 18.7 Å². The van der Waals surface area contributed by atoms with E-state index in [9.17, 15) is 13.6 Å². The number of rotatable bonds is 8. The van der Waals surface area contributed by atoms with Crippen LogP contribution in [0.4, 0.5) is 8.78 Å². The number of amides is 1. The number of carbonyl (C=O) groups is 1. The Morgan fingerprint density at radius 2 is 2.04 bits per heavy atom. The molecule has 0 atom stereocenters. The molecule has 0 radical (unpaired) electrons. The van der Waals surface area contributed by atoms with Crippen molar-refractivity contribution in [2.24, 2.45) is 0 Å². The number of aromatic nitrogens is 2. The van der Waals surface area contributed by atoms with E-state index in [-0.39, 0.29) is 18.7 Å². The molecular weight excluding hydrogens is 314 g/mol. The minimum absolute atomic E-state index is 0.0739. The van der Waals surface area contributed by atoms with Crippen molar-refractivity contribution in [2.45, 2.75) is 19.4 Å². The lowest BCUT2D eigenvalue weighted by molar-refractivity contribution is -0.132. The highest BCUT2D eigenvalue weighted by molar-refractivity contribution is 5.76. The van der Waals surface area contributed by atoms with Crippen molar-refractivity contribution in [3.8, 4) is 0 Å². The van der Waals surface area contributed by atoms with Gasteiger partial charge in [0.15, 0.2) is 0 Å². The first-order valence-corrected chi connectivity index (χ1v) is 7.79. The second-order valence-corrected chi connectivity index (χ2v) is 5.93. The van der Waals surface area contributed by atoms with Gasteiger partial charge in [0.2, 0.25) is 5.91 Å². The molecule has 0 aliphatic heterocycles. The van der Waals surface area contributed by atoms with Crippen LogP contribution in [0.25, 0.3) is 0 Å².